The summed E-state index contributed by atoms with van der Waals surface area (Å²) in [7, 11) is 0. The third kappa shape index (κ3) is 4.20. The molecule has 1 fully saturated rings. The maximum absolute atomic E-state index is 12.3. The molecule has 0 aliphatic carbocycles. The van der Waals surface area contributed by atoms with Gasteiger partial charge in [-0.2, -0.15) is 0 Å². The van der Waals surface area contributed by atoms with Crippen LogP contribution < -0.4 is 10.2 Å². The average molecular weight is 441 g/mol. The first kappa shape index (κ1) is 16.2. The van der Waals surface area contributed by atoms with Gasteiger partial charge in [0.15, 0.2) is 0 Å². The normalized spacial score (nSPS) is 14.7. The Morgan fingerprint density at radius 3 is 2.17 bits per heavy atom. The molecule has 1 aromatic heterocycles. The molecular formula is C15H15Br2N5O. The van der Waals surface area contributed by atoms with Crippen LogP contribution in [0.1, 0.15) is 0 Å². The van der Waals surface area contributed by atoms with E-state index in [1.54, 1.807) is 17.3 Å². The standard InChI is InChI=1S/C15H15Br2N5O/c16-11-1-3-13(4-2-11)20-15(23)22-7-5-21(6-8-22)14-18-9-12(17)10-19-14/h1-4,9-10H,5-8H2,(H,20,23). The van der Waals surface area contributed by atoms with Crippen LogP contribution in [0, 0.1) is 0 Å². The number of carbonyl (C=O) groups is 1. The zero-order chi connectivity index (χ0) is 16.2. The zero-order valence-corrected chi connectivity index (χ0v) is 15.4. The second-order valence-electron chi connectivity index (χ2n) is 5.11. The molecule has 1 aliphatic rings. The smallest absolute Gasteiger partial charge is 0.321 e. The van der Waals surface area contributed by atoms with Gasteiger partial charge in [0.2, 0.25) is 5.95 Å². The molecule has 3 rings (SSSR count). The first-order valence-electron chi connectivity index (χ1n) is 7.16. The highest BCUT2D eigenvalue weighted by atomic mass is 79.9. The van der Waals surface area contributed by atoms with Crippen molar-refractivity contribution >= 4 is 49.5 Å². The summed E-state index contributed by atoms with van der Waals surface area (Å²) in [6.07, 6.45) is 3.46. The number of amides is 2. The minimum absolute atomic E-state index is 0.0799. The van der Waals surface area contributed by atoms with Gasteiger partial charge in [-0.15, -0.1) is 0 Å². The maximum atomic E-state index is 12.3. The van der Waals surface area contributed by atoms with Gasteiger partial charge >= 0.3 is 6.03 Å². The predicted octanol–water partition coefficient (Wildman–Crippen LogP) is 3.36. The summed E-state index contributed by atoms with van der Waals surface area (Å²) >= 11 is 6.70. The molecule has 1 aromatic carbocycles. The highest BCUT2D eigenvalue weighted by Gasteiger charge is 2.22. The first-order chi connectivity index (χ1) is 11.1. The van der Waals surface area contributed by atoms with Gasteiger partial charge in [-0.1, -0.05) is 15.9 Å². The summed E-state index contributed by atoms with van der Waals surface area (Å²) in [4.78, 5) is 24.8. The molecule has 0 bridgehead atoms. The molecule has 0 unspecified atom stereocenters. The minimum Gasteiger partial charge on any atom is -0.337 e. The fourth-order valence-corrected chi connectivity index (χ4v) is 2.78. The number of benzene rings is 1. The van der Waals surface area contributed by atoms with E-state index in [1.165, 1.54) is 0 Å². The average Bonchev–Trinajstić information content (AvgIpc) is 2.58. The van der Waals surface area contributed by atoms with Crippen molar-refractivity contribution in [3.05, 3.63) is 45.6 Å². The summed E-state index contributed by atoms with van der Waals surface area (Å²) in [5.74, 6) is 0.696. The molecule has 0 spiro atoms. The molecule has 2 amide bonds. The molecule has 1 N–H and O–H groups in total. The van der Waals surface area contributed by atoms with Crippen molar-refractivity contribution in [1.82, 2.24) is 14.9 Å². The Kier molecular flexibility index (Phi) is 5.12. The van der Waals surface area contributed by atoms with Crippen LogP contribution in [0.3, 0.4) is 0 Å². The Bertz CT molecular complexity index is 669. The molecule has 2 heterocycles. The van der Waals surface area contributed by atoms with E-state index in [9.17, 15) is 4.79 Å². The summed E-state index contributed by atoms with van der Waals surface area (Å²) in [5.41, 5.74) is 0.789. The highest BCUT2D eigenvalue weighted by molar-refractivity contribution is 9.10. The SMILES string of the molecule is O=C(Nc1ccc(Br)cc1)N1CCN(c2ncc(Br)cn2)CC1. The van der Waals surface area contributed by atoms with Crippen LogP contribution in [0.15, 0.2) is 45.6 Å². The van der Waals surface area contributed by atoms with Crippen molar-refractivity contribution in [2.75, 3.05) is 36.4 Å². The fourth-order valence-electron chi connectivity index (χ4n) is 2.31. The van der Waals surface area contributed by atoms with Crippen molar-refractivity contribution in [2.45, 2.75) is 0 Å². The molecule has 6 nitrogen and oxygen atoms in total. The van der Waals surface area contributed by atoms with Gasteiger partial charge < -0.3 is 15.1 Å². The van der Waals surface area contributed by atoms with E-state index < -0.39 is 0 Å². The second kappa shape index (κ2) is 7.27. The number of urea groups is 1. The van der Waals surface area contributed by atoms with Crippen molar-refractivity contribution in [3.8, 4) is 0 Å². The number of halogens is 2. The van der Waals surface area contributed by atoms with E-state index in [0.717, 1.165) is 27.7 Å². The highest BCUT2D eigenvalue weighted by Crippen LogP contribution is 2.16. The van der Waals surface area contributed by atoms with Gasteiger partial charge in [0.25, 0.3) is 0 Å². The molecule has 1 saturated heterocycles. The van der Waals surface area contributed by atoms with Crippen molar-refractivity contribution < 1.29 is 4.79 Å². The van der Waals surface area contributed by atoms with Crippen LogP contribution in [0.4, 0.5) is 16.4 Å². The number of nitrogens with zero attached hydrogens (tertiary/aromatic N) is 4. The number of aromatic nitrogens is 2. The molecule has 0 radical (unpaired) electrons. The largest absolute Gasteiger partial charge is 0.337 e. The van der Waals surface area contributed by atoms with Crippen LogP contribution in [0.2, 0.25) is 0 Å². The zero-order valence-electron chi connectivity index (χ0n) is 12.2. The topological polar surface area (TPSA) is 61.4 Å². The number of piperazine rings is 1. The maximum Gasteiger partial charge on any atom is 0.321 e. The fraction of sp³-hybridized carbons (Fsp3) is 0.267. The number of nitrogens with one attached hydrogen (secondary N) is 1. The molecule has 0 atom stereocenters. The molecule has 8 heteroatoms. The van der Waals surface area contributed by atoms with E-state index >= 15 is 0 Å². The van der Waals surface area contributed by atoms with Crippen molar-refractivity contribution in [2.24, 2.45) is 0 Å². The molecule has 23 heavy (non-hydrogen) atoms. The van der Waals surface area contributed by atoms with E-state index in [0.29, 0.717) is 19.0 Å². The van der Waals surface area contributed by atoms with Crippen LogP contribution in [-0.2, 0) is 0 Å². The van der Waals surface area contributed by atoms with E-state index in [4.69, 9.17) is 0 Å². The quantitative estimate of drug-likeness (QED) is 0.777. The summed E-state index contributed by atoms with van der Waals surface area (Å²) in [6, 6.07) is 7.46. The number of hydrogen-bond donors (Lipinski definition) is 1. The Balaban J connectivity index is 1.54. The molecule has 1 aliphatic heterocycles. The van der Waals surface area contributed by atoms with Crippen molar-refractivity contribution in [1.29, 1.82) is 0 Å². The number of rotatable bonds is 2. The van der Waals surface area contributed by atoms with Crippen LogP contribution in [0.25, 0.3) is 0 Å². The van der Waals surface area contributed by atoms with Crippen LogP contribution in [0.5, 0.6) is 0 Å². The Hall–Kier alpha value is -1.67. The number of carbonyl (C=O) groups excluding carboxylic acids is 1. The minimum atomic E-state index is -0.0799. The number of hydrogen-bond acceptors (Lipinski definition) is 4. The van der Waals surface area contributed by atoms with Crippen LogP contribution in [-0.4, -0.2) is 47.1 Å². The predicted molar refractivity (Wildman–Crippen MR) is 96.7 cm³/mol. The Labute approximate surface area is 151 Å². The molecule has 0 saturated carbocycles. The molecule has 2 aromatic rings. The first-order valence-corrected chi connectivity index (χ1v) is 8.74. The van der Waals surface area contributed by atoms with Gasteiger partial charge in [0.05, 0.1) is 4.47 Å². The van der Waals surface area contributed by atoms with Gasteiger partial charge in [-0.3, -0.25) is 0 Å². The third-order valence-corrected chi connectivity index (χ3v) is 4.49. The number of anilines is 2. The lowest BCUT2D eigenvalue weighted by molar-refractivity contribution is 0.208. The monoisotopic (exact) mass is 439 g/mol. The summed E-state index contributed by atoms with van der Waals surface area (Å²) < 4.78 is 1.84. The van der Waals surface area contributed by atoms with Crippen LogP contribution >= 0.6 is 31.9 Å². The van der Waals surface area contributed by atoms with Crippen molar-refractivity contribution in [3.63, 3.8) is 0 Å². The molecule has 120 valence electrons. The van der Waals surface area contributed by atoms with E-state index in [1.807, 2.05) is 24.3 Å². The van der Waals surface area contributed by atoms with Gasteiger partial charge in [0, 0.05) is 48.7 Å². The summed E-state index contributed by atoms with van der Waals surface area (Å²) in [6.45, 7) is 2.72. The molecular weight excluding hydrogens is 426 g/mol. The lowest BCUT2D eigenvalue weighted by Crippen LogP contribution is -2.50. The lowest BCUT2D eigenvalue weighted by Gasteiger charge is -2.34. The van der Waals surface area contributed by atoms with Gasteiger partial charge in [-0.25, -0.2) is 14.8 Å². The van der Waals surface area contributed by atoms with E-state index in [2.05, 4.69) is 52.0 Å². The summed E-state index contributed by atoms with van der Waals surface area (Å²) in [5, 5.41) is 2.91. The Morgan fingerprint density at radius 2 is 1.57 bits per heavy atom. The van der Waals surface area contributed by atoms with Gasteiger partial charge in [-0.05, 0) is 40.2 Å². The van der Waals surface area contributed by atoms with E-state index in [-0.39, 0.29) is 6.03 Å². The Morgan fingerprint density at radius 1 is 0.957 bits per heavy atom. The third-order valence-electron chi connectivity index (χ3n) is 3.55. The van der Waals surface area contributed by atoms with Gasteiger partial charge in [0.1, 0.15) is 0 Å². The second-order valence-corrected chi connectivity index (χ2v) is 6.94. The lowest BCUT2D eigenvalue weighted by atomic mass is 10.3.